The topological polar surface area (TPSA) is 63.7 Å². The molecule has 5 rings (SSSR count). The average molecular weight is 367 g/mol. The van der Waals surface area contributed by atoms with E-state index < -0.39 is 5.97 Å². The molecule has 5 nitrogen and oxygen atoms in total. The van der Waals surface area contributed by atoms with Crippen molar-refractivity contribution >= 4 is 34.8 Å². The number of carbonyl (C=O) groups is 3. The summed E-state index contributed by atoms with van der Waals surface area (Å²) in [5, 5.41) is 1.81. The van der Waals surface area contributed by atoms with Gasteiger partial charge < -0.3 is 4.74 Å². The van der Waals surface area contributed by atoms with Gasteiger partial charge in [0.2, 0.25) is 11.8 Å². The molecule has 4 atom stereocenters. The standard InChI is InChI=1S/C20H17NO4S/c22-18-16-11-6-7-12(9-11)17(16)19(23)21(18)13-3-1-4-14(10-13)25-20(24)15-5-2-8-26-15/h1-5,8,10-12,16-17H,6-7,9H2/t11-,12-,16+,17+/m1/s1. The van der Waals surface area contributed by atoms with Crippen molar-refractivity contribution in [3.8, 4) is 5.75 Å². The molecule has 3 aliphatic rings. The lowest BCUT2D eigenvalue weighted by atomic mass is 9.81. The van der Waals surface area contributed by atoms with Gasteiger partial charge in [-0.15, -0.1) is 11.3 Å². The molecule has 2 aliphatic carbocycles. The van der Waals surface area contributed by atoms with Crippen LogP contribution in [-0.4, -0.2) is 17.8 Å². The van der Waals surface area contributed by atoms with Gasteiger partial charge in [-0.3, -0.25) is 9.59 Å². The van der Waals surface area contributed by atoms with Crippen molar-refractivity contribution in [3.63, 3.8) is 0 Å². The quantitative estimate of drug-likeness (QED) is 0.473. The highest BCUT2D eigenvalue weighted by atomic mass is 32.1. The molecule has 2 heterocycles. The lowest BCUT2D eigenvalue weighted by Gasteiger charge is -2.19. The first kappa shape index (κ1) is 15.8. The largest absolute Gasteiger partial charge is 0.422 e. The molecule has 1 aromatic heterocycles. The van der Waals surface area contributed by atoms with Crippen molar-refractivity contribution in [2.75, 3.05) is 4.90 Å². The number of nitrogens with zero attached hydrogens (tertiary/aromatic N) is 1. The average Bonchev–Trinajstić information content (AvgIpc) is 3.39. The minimum atomic E-state index is -0.439. The maximum atomic E-state index is 12.9. The Labute approximate surface area is 154 Å². The Bertz CT molecular complexity index is 878. The lowest BCUT2D eigenvalue weighted by Crippen LogP contribution is -2.32. The molecule has 1 aromatic carbocycles. The van der Waals surface area contributed by atoms with E-state index in [4.69, 9.17) is 4.74 Å². The molecule has 132 valence electrons. The molecule has 0 unspecified atom stereocenters. The summed E-state index contributed by atoms with van der Waals surface area (Å²) in [6.07, 6.45) is 3.12. The summed E-state index contributed by atoms with van der Waals surface area (Å²) in [6.45, 7) is 0. The van der Waals surface area contributed by atoms with Gasteiger partial charge in [-0.1, -0.05) is 12.1 Å². The predicted octanol–water partition coefficient (Wildman–Crippen LogP) is 3.50. The number of benzene rings is 1. The van der Waals surface area contributed by atoms with Gasteiger partial charge in [0, 0.05) is 6.07 Å². The van der Waals surface area contributed by atoms with Gasteiger partial charge in [0.1, 0.15) is 10.6 Å². The van der Waals surface area contributed by atoms with E-state index in [1.165, 1.54) is 16.2 Å². The van der Waals surface area contributed by atoms with Crippen molar-refractivity contribution in [2.24, 2.45) is 23.7 Å². The molecule has 1 aliphatic heterocycles. The molecule has 2 saturated carbocycles. The molecule has 2 bridgehead atoms. The Hall–Kier alpha value is -2.47. The van der Waals surface area contributed by atoms with Crippen LogP contribution in [0, 0.1) is 23.7 Å². The van der Waals surface area contributed by atoms with E-state index in [1.54, 1.807) is 36.4 Å². The van der Waals surface area contributed by atoms with Crippen molar-refractivity contribution in [1.82, 2.24) is 0 Å². The molecular weight excluding hydrogens is 350 g/mol. The molecule has 6 heteroatoms. The Morgan fingerprint density at radius 3 is 2.42 bits per heavy atom. The SMILES string of the molecule is O=C(Oc1cccc(N2C(=O)[C@H]3[C@@H]4CC[C@H](C4)[C@@H]3C2=O)c1)c1cccs1. The van der Waals surface area contributed by atoms with Crippen LogP contribution in [-0.2, 0) is 9.59 Å². The fourth-order valence-electron chi connectivity index (χ4n) is 4.90. The number of hydrogen-bond acceptors (Lipinski definition) is 5. The number of anilines is 1. The van der Waals surface area contributed by atoms with Crippen molar-refractivity contribution < 1.29 is 19.1 Å². The molecule has 2 amide bonds. The zero-order valence-corrected chi connectivity index (χ0v) is 14.8. The smallest absolute Gasteiger partial charge is 0.353 e. The summed E-state index contributed by atoms with van der Waals surface area (Å²) in [5.41, 5.74) is 0.491. The highest BCUT2D eigenvalue weighted by Crippen LogP contribution is 2.56. The molecule has 26 heavy (non-hydrogen) atoms. The minimum absolute atomic E-state index is 0.0890. The second kappa shape index (κ2) is 5.77. The third-order valence-electron chi connectivity index (χ3n) is 5.94. The number of esters is 1. The van der Waals surface area contributed by atoms with E-state index >= 15 is 0 Å². The molecule has 0 spiro atoms. The predicted molar refractivity (Wildman–Crippen MR) is 96.0 cm³/mol. The molecule has 3 fully saturated rings. The first-order valence-electron chi connectivity index (χ1n) is 8.87. The number of imide groups is 1. The van der Waals surface area contributed by atoms with E-state index in [9.17, 15) is 14.4 Å². The van der Waals surface area contributed by atoms with Crippen LogP contribution in [0.5, 0.6) is 5.75 Å². The third-order valence-corrected chi connectivity index (χ3v) is 6.79. The summed E-state index contributed by atoms with van der Waals surface area (Å²) in [6, 6.07) is 10.2. The molecule has 1 saturated heterocycles. The van der Waals surface area contributed by atoms with Gasteiger partial charge in [-0.25, -0.2) is 9.69 Å². The van der Waals surface area contributed by atoms with Crippen LogP contribution in [0.1, 0.15) is 28.9 Å². The number of fused-ring (bicyclic) bond motifs is 5. The monoisotopic (exact) mass is 367 g/mol. The Morgan fingerprint density at radius 2 is 1.77 bits per heavy atom. The van der Waals surface area contributed by atoms with Crippen LogP contribution >= 0.6 is 11.3 Å². The normalized spacial score (nSPS) is 29.3. The van der Waals surface area contributed by atoms with Gasteiger partial charge in [0.15, 0.2) is 0 Å². The Balaban J connectivity index is 1.42. The van der Waals surface area contributed by atoms with Crippen molar-refractivity contribution in [3.05, 3.63) is 46.7 Å². The highest BCUT2D eigenvalue weighted by Gasteiger charge is 2.61. The highest BCUT2D eigenvalue weighted by molar-refractivity contribution is 7.12. The van der Waals surface area contributed by atoms with Crippen LogP contribution in [0.15, 0.2) is 41.8 Å². The number of hydrogen-bond donors (Lipinski definition) is 0. The minimum Gasteiger partial charge on any atom is -0.422 e. The van der Waals surface area contributed by atoms with Gasteiger partial charge >= 0.3 is 5.97 Å². The maximum Gasteiger partial charge on any atom is 0.353 e. The Morgan fingerprint density at radius 1 is 1.04 bits per heavy atom. The zero-order valence-electron chi connectivity index (χ0n) is 14.0. The van der Waals surface area contributed by atoms with Crippen molar-refractivity contribution in [2.45, 2.75) is 19.3 Å². The first-order valence-corrected chi connectivity index (χ1v) is 9.75. The van der Waals surface area contributed by atoms with E-state index in [-0.39, 0.29) is 23.7 Å². The summed E-state index contributed by atoms with van der Waals surface area (Å²) < 4.78 is 5.40. The van der Waals surface area contributed by atoms with Crippen LogP contribution in [0.3, 0.4) is 0 Å². The van der Waals surface area contributed by atoms with Crippen LogP contribution in [0.25, 0.3) is 0 Å². The van der Waals surface area contributed by atoms with E-state index in [0.29, 0.717) is 28.1 Å². The number of ether oxygens (including phenoxy) is 1. The second-order valence-electron chi connectivity index (χ2n) is 7.26. The summed E-state index contributed by atoms with van der Waals surface area (Å²) >= 11 is 1.31. The molecule has 0 radical (unpaired) electrons. The second-order valence-corrected chi connectivity index (χ2v) is 8.21. The molecular formula is C20H17NO4S. The molecule has 2 aromatic rings. The summed E-state index contributed by atoms with van der Waals surface area (Å²) in [4.78, 5) is 39.8. The number of amides is 2. The summed E-state index contributed by atoms with van der Waals surface area (Å²) in [7, 11) is 0. The van der Waals surface area contributed by atoms with Crippen LogP contribution in [0.2, 0.25) is 0 Å². The van der Waals surface area contributed by atoms with Crippen LogP contribution < -0.4 is 9.64 Å². The Kier molecular flexibility index (Phi) is 3.50. The molecule has 0 N–H and O–H groups in total. The van der Waals surface area contributed by atoms with E-state index in [2.05, 4.69) is 0 Å². The van der Waals surface area contributed by atoms with Crippen molar-refractivity contribution in [1.29, 1.82) is 0 Å². The fourth-order valence-corrected chi connectivity index (χ4v) is 5.50. The van der Waals surface area contributed by atoms with Gasteiger partial charge in [-0.2, -0.15) is 0 Å². The van der Waals surface area contributed by atoms with Gasteiger partial charge in [0.05, 0.1) is 17.5 Å². The first-order chi connectivity index (χ1) is 12.6. The number of carbonyl (C=O) groups excluding carboxylic acids is 3. The number of rotatable bonds is 3. The van der Waals surface area contributed by atoms with Gasteiger partial charge in [-0.05, 0) is 54.7 Å². The number of thiophene rings is 1. The fraction of sp³-hybridized carbons (Fsp3) is 0.350. The summed E-state index contributed by atoms with van der Waals surface area (Å²) in [5.74, 6) is 0.116. The van der Waals surface area contributed by atoms with Crippen LogP contribution in [0.4, 0.5) is 5.69 Å². The van der Waals surface area contributed by atoms with E-state index in [1.807, 2.05) is 5.38 Å². The van der Waals surface area contributed by atoms with E-state index in [0.717, 1.165) is 19.3 Å². The zero-order chi connectivity index (χ0) is 17.8. The maximum absolute atomic E-state index is 12.9. The lowest BCUT2D eigenvalue weighted by molar-refractivity contribution is -0.123. The van der Waals surface area contributed by atoms with Gasteiger partial charge in [0.25, 0.3) is 0 Å². The third kappa shape index (κ3) is 2.25.